The summed E-state index contributed by atoms with van der Waals surface area (Å²) in [6.07, 6.45) is 3.69. The monoisotopic (exact) mass is 740 g/mol. The minimum absolute atomic E-state index is 0. The molecule has 0 amide bonds. The van der Waals surface area contributed by atoms with E-state index >= 15 is 0 Å². The van der Waals surface area contributed by atoms with E-state index in [0.29, 0.717) is 0 Å². The molecule has 0 unspecified atom stereocenters. The summed E-state index contributed by atoms with van der Waals surface area (Å²) in [5, 5.41) is 0. The Kier molecular flexibility index (Phi) is 17.3. The van der Waals surface area contributed by atoms with Gasteiger partial charge in [-0.2, -0.15) is 35.9 Å². The van der Waals surface area contributed by atoms with Gasteiger partial charge in [0.15, 0.2) is 0 Å². The fourth-order valence-electron chi connectivity index (χ4n) is 6.01. The van der Waals surface area contributed by atoms with Crippen LogP contribution in [0.25, 0.3) is 11.1 Å². The molecule has 0 aromatic heterocycles. The Bertz CT molecular complexity index is 1250. The third-order valence-electron chi connectivity index (χ3n) is 8.10. The molecule has 0 aliphatic heterocycles. The van der Waals surface area contributed by atoms with Crippen molar-refractivity contribution < 1.29 is 49.0 Å². The standard InChI is InChI=1S/C29H41.C9H18.C5H5.2ClH.Zr/c1-26(2,3)22-14-18-13-19-15-23(27(4,5)6)25(29(10,11)12)17-21(19)20(18)16-24(22)28(7,8)9;1-8(2)6-5-7-9(3)4;1-2-4-5-3-1;;;/h14,16-17H,13H2,1-12H3;8-9H,6-7H2,1-4H3;1-5H;2*1H;/q-1;;-1;;;+2/p-2. The molecule has 0 heterocycles. The van der Waals surface area contributed by atoms with Gasteiger partial charge in [-0.15, -0.1) is 16.7 Å². The Morgan fingerprint density at radius 2 is 1.07 bits per heavy atom. The molecule has 0 fully saturated rings. The molecule has 0 bridgehead atoms. The SMILES string of the molecule is CC(C)(C)c1[c-]c2c(cc1C(C)(C)C)-c1cc(C(C)(C)C)c(C(C)(C)C)cc1C2.CC(C)C[C](=[Zr+2])CC(C)C.[Cl-].[Cl-].c1cc[cH-]c1. The second kappa shape index (κ2) is 17.7. The van der Waals surface area contributed by atoms with Gasteiger partial charge < -0.3 is 24.8 Å². The second-order valence-corrected chi connectivity index (χ2v) is 19.7. The summed E-state index contributed by atoms with van der Waals surface area (Å²) in [4.78, 5) is 0. The van der Waals surface area contributed by atoms with Crippen LogP contribution < -0.4 is 24.8 Å². The van der Waals surface area contributed by atoms with Gasteiger partial charge in [0.05, 0.1) is 0 Å². The van der Waals surface area contributed by atoms with E-state index < -0.39 is 0 Å². The molecule has 0 radical (unpaired) electrons. The molecule has 0 saturated heterocycles. The van der Waals surface area contributed by atoms with Crippen molar-refractivity contribution in [3.8, 4) is 11.1 Å². The van der Waals surface area contributed by atoms with E-state index in [4.69, 9.17) is 0 Å². The van der Waals surface area contributed by atoms with E-state index in [2.05, 4.69) is 135 Å². The number of hydrogen-bond donors (Lipinski definition) is 0. The fraction of sp³-hybridized carbons (Fsp3) is 0.581. The Labute approximate surface area is 312 Å². The maximum atomic E-state index is 3.90. The van der Waals surface area contributed by atoms with E-state index in [0.717, 1.165) is 18.3 Å². The molecular formula is C43H64Cl2Zr-2. The van der Waals surface area contributed by atoms with Crippen LogP contribution in [0.1, 0.15) is 157 Å². The molecule has 3 aromatic rings. The van der Waals surface area contributed by atoms with Gasteiger partial charge in [0.2, 0.25) is 0 Å². The first kappa shape index (κ1) is 45.1. The third kappa shape index (κ3) is 13.2. The average Bonchev–Trinajstić information content (AvgIpc) is 3.51. The maximum Gasteiger partial charge on any atom is -0.172 e. The molecular weight excluding hydrogens is 679 g/mol. The molecule has 0 atom stereocenters. The van der Waals surface area contributed by atoms with Gasteiger partial charge in [0, 0.05) is 0 Å². The quantitative estimate of drug-likeness (QED) is 0.211. The van der Waals surface area contributed by atoms with Crippen molar-refractivity contribution in [1.82, 2.24) is 0 Å². The van der Waals surface area contributed by atoms with E-state index in [1.807, 2.05) is 30.3 Å². The molecule has 3 heteroatoms. The zero-order valence-electron chi connectivity index (χ0n) is 32.2. The van der Waals surface area contributed by atoms with Crippen molar-refractivity contribution in [3.05, 3.63) is 88.0 Å². The normalized spacial score (nSPS) is 12.6. The summed E-state index contributed by atoms with van der Waals surface area (Å²) in [7, 11) is 0. The van der Waals surface area contributed by atoms with Crippen LogP contribution in [0.5, 0.6) is 0 Å². The number of fused-ring (bicyclic) bond motifs is 3. The van der Waals surface area contributed by atoms with Crippen molar-refractivity contribution in [1.29, 1.82) is 0 Å². The van der Waals surface area contributed by atoms with E-state index in [1.165, 1.54) is 57.3 Å². The molecule has 3 aromatic carbocycles. The van der Waals surface area contributed by atoms with Gasteiger partial charge in [0.25, 0.3) is 0 Å². The molecule has 4 rings (SSSR count). The summed E-state index contributed by atoms with van der Waals surface area (Å²) in [6.45, 7) is 37.2. The molecule has 1 aliphatic carbocycles. The maximum absolute atomic E-state index is 3.90. The van der Waals surface area contributed by atoms with Gasteiger partial charge in [0.1, 0.15) is 0 Å². The molecule has 46 heavy (non-hydrogen) atoms. The Morgan fingerprint density at radius 3 is 1.41 bits per heavy atom. The summed E-state index contributed by atoms with van der Waals surface area (Å²) in [6, 6.07) is 21.4. The zero-order chi connectivity index (χ0) is 33.8. The summed E-state index contributed by atoms with van der Waals surface area (Å²) >= 11 is 1.65. The second-order valence-electron chi connectivity index (χ2n) is 17.9. The van der Waals surface area contributed by atoms with Crippen LogP contribution in [0.3, 0.4) is 0 Å². The number of rotatable bonds is 4. The first-order valence-corrected chi connectivity index (χ1v) is 18.2. The van der Waals surface area contributed by atoms with Crippen molar-refractivity contribution in [3.63, 3.8) is 0 Å². The minimum Gasteiger partial charge on any atom is -1.00 e. The Morgan fingerprint density at radius 1 is 0.652 bits per heavy atom. The summed E-state index contributed by atoms with van der Waals surface area (Å²) in [5.41, 5.74) is 11.9. The van der Waals surface area contributed by atoms with Crippen molar-refractivity contribution in [2.24, 2.45) is 11.8 Å². The first-order valence-electron chi connectivity index (χ1n) is 16.9. The smallest absolute Gasteiger partial charge is 0.172 e. The van der Waals surface area contributed by atoms with Gasteiger partial charge >= 0.3 is 79.8 Å². The van der Waals surface area contributed by atoms with Crippen LogP contribution in [0, 0.1) is 17.9 Å². The van der Waals surface area contributed by atoms with Gasteiger partial charge in [-0.3, -0.25) is 0 Å². The van der Waals surface area contributed by atoms with Crippen LogP contribution in [-0.4, -0.2) is 3.21 Å². The van der Waals surface area contributed by atoms with E-state index in [1.54, 1.807) is 27.4 Å². The third-order valence-corrected chi connectivity index (χ3v) is 9.10. The zero-order valence-corrected chi connectivity index (χ0v) is 36.1. The van der Waals surface area contributed by atoms with E-state index in [9.17, 15) is 0 Å². The minimum atomic E-state index is 0. The number of benzene rings is 2. The summed E-state index contributed by atoms with van der Waals surface area (Å²) < 4.78 is 1.75. The molecule has 0 spiro atoms. The molecule has 0 N–H and O–H groups in total. The molecule has 256 valence electrons. The van der Waals surface area contributed by atoms with Crippen molar-refractivity contribution in [2.45, 2.75) is 152 Å². The van der Waals surface area contributed by atoms with Crippen LogP contribution in [0.4, 0.5) is 0 Å². The van der Waals surface area contributed by atoms with Gasteiger partial charge in [-0.1, -0.05) is 106 Å². The van der Waals surface area contributed by atoms with Crippen molar-refractivity contribution in [2.75, 3.05) is 0 Å². The van der Waals surface area contributed by atoms with E-state index in [-0.39, 0.29) is 46.5 Å². The van der Waals surface area contributed by atoms with Crippen LogP contribution in [0.2, 0.25) is 0 Å². The van der Waals surface area contributed by atoms with Gasteiger partial charge in [-0.25, -0.2) is 12.1 Å². The fourth-order valence-corrected chi connectivity index (χ4v) is 8.02. The van der Waals surface area contributed by atoms with Crippen LogP contribution in [0.15, 0.2) is 48.5 Å². The first-order chi connectivity index (χ1) is 19.9. The number of halogens is 2. The topological polar surface area (TPSA) is 0 Å². The predicted molar refractivity (Wildman–Crippen MR) is 194 cm³/mol. The summed E-state index contributed by atoms with van der Waals surface area (Å²) in [5.74, 6) is 1.71. The Balaban J connectivity index is 0.000000988. The van der Waals surface area contributed by atoms with Crippen LogP contribution in [-0.2, 0) is 52.3 Å². The van der Waals surface area contributed by atoms with Crippen LogP contribution >= 0.6 is 0 Å². The van der Waals surface area contributed by atoms with Crippen molar-refractivity contribution >= 4 is 3.21 Å². The molecule has 0 saturated carbocycles. The Hall–Kier alpha value is -0.877. The predicted octanol–water partition coefficient (Wildman–Crippen LogP) is 6.46. The molecule has 0 nitrogen and oxygen atoms in total. The van der Waals surface area contributed by atoms with Gasteiger partial charge in [-0.05, 0) is 39.4 Å². The molecule has 1 aliphatic rings. The number of hydrogen-bond acceptors (Lipinski definition) is 0. The largest absolute Gasteiger partial charge is 1.00 e. The average molecular weight is 743 g/mol.